The molecule has 0 radical (unpaired) electrons. The van der Waals surface area contributed by atoms with Crippen LogP contribution in [0.25, 0.3) is 6.08 Å². The smallest absolute Gasteiger partial charge is 0.341 e. The van der Waals surface area contributed by atoms with E-state index in [9.17, 15) is 14.4 Å². The van der Waals surface area contributed by atoms with Crippen molar-refractivity contribution in [2.45, 2.75) is 27.7 Å². The van der Waals surface area contributed by atoms with Gasteiger partial charge in [0.1, 0.15) is 10.8 Å². The van der Waals surface area contributed by atoms with Gasteiger partial charge in [0.05, 0.1) is 24.2 Å². The number of nitrogens with zero attached hydrogens (tertiary/aromatic N) is 1. The molecule has 0 spiro atoms. The second-order valence-corrected chi connectivity index (χ2v) is 7.57. The molecule has 0 aliphatic carbocycles. The third-order valence-electron chi connectivity index (χ3n) is 4.65. The van der Waals surface area contributed by atoms with Gasteiger partial charge in [0.2, 0.25) is 5.91 Å². The molecule has 0 saturated heterocycles. The summed E-state index contributed by atoms with van der Waals surface area (Å²) in [5.74, 6) is -0.429. The number of amides is 2. The first kappa shape index (κ1) is 24.1. The molecule has 1 N–H and O–H groups in total. The number of nitrogens with one attached hydrogen (secondary N) is 1. The van der Waals surface area contributed by atoms with E-state index in [1.807, 2.05) is 26.0 Å². The highest BCUT2D eigenvalue weighted by Crippen LogP contribution is 2.34. The lowest BCUT2D eigenvalue weighted by atomic mass is 10.1. The fraction of sp³-hybridized carbons (Fsp3) is 0.348. The summed E-state index contributed by atoms with van der Waals surface area (Å²) in [7, 11) is 1.58. The zero-order valence-electron chi connectivity index (χ0n) is 18.5. The lowest BCUT2D eigenvalue weighted by Crippen LogP contribution is -2.30. The van der Waals surface area contributed by atoms with Crippen molar-refractivity contribution in [2.75, 3.05) is 32.1 Å². The minimum absolute atomic E-state index is 0.174. The first-order chi connectivity index (χ1) is 14.9. The molecule has 2 aromatic rings. The van der Waals surface area contributed by atoms with E-state index in [0.717, 1.165) is 22.6 Å². The highest BCUT2D eigenvalue weighted by molar-refractivity contribution is 7.18. The summed E-state index contributed by atoms with van der Waals surface area (Å²) >= 11 is 1.09. The van der Waals surface area contributed by atoms with Crippen LogP contribution in [0.2, 0.25) is 0 Å². The summed E-state index contributed by atoms with van der Waals surface area (Å²) in [5.41, 5.74) is 1.55. The molecule has 0 saturated carbocycles. The Bertz CT molecular complexity index is 959. The summed E-state index contributed by atoms with van der Waals surface area (Å²) in [4.78, 5) is 40.0. The molecule has 31 heavy (non-hydrogen) atoms. The van der Waals surface area contributed by atoms with Crippen molar-refractivity contribution in [1.82, 2.24) is 4.90 Å². The van der Waals surface area contributed by atoms with Crippen LogP contribution in [0.15, 0.2) is 30.3 Å². The van der Waals surface area contributed by atoms with Gasteiger partial charge in [-0.25, -0.2) is 4.79 Å². The number of carbonyl (C=O) groups is 3. The third kappa shape index (κ3) is 5.95. The molecular formula is C23H28N2O5S. The van der Waals surface area contributed by atoms with Gasteiger partial charge in [-0.3, -0.25) is 9.59 Å². The van der Waals surface area contributed by atoms with Crippen LogP contribution < -0.4 is 10.1 Å². The Morgan fingerprint density at radius 2 is 1.74 bits per heavy atom. The molecule has 0 unspecified atom stereocenters. The van der Waals surface area contributed by atoms with E-state index in [-0.39, 0.29) is 18.1 Å². The predicted octanol–water partition coefficient (Wildman–Crippen LogP) is 4.38. The Morgan fingerprint density at radius 3 is 2.29 bits per heavy atom. The Kier molecular flexibility index (Phi) is 8.81. The van der Waals surface area contributed by atoms with Gasteiger partial charge in [0, 0.05) is 19.2 Å². The molecular weight excluding hydrogens is 416 g/mol. The molecule has 0 aliphatic heterocycles. The van der Waals surface area contributed by atoms with Crippen molar-refractivity contribution in [2.24, 2.45) is 0 Å². The normalized spacial score (nSPS) is 10.7. The number of benzene rings is 1. The summed E-state index contributed by atoms with van der Waals surface area (Å²) in [5, 5.41) is 3.03. The Balaban J connectivity index is 2.31. The van der Waals surface area contributed by atoms with Crippen molar-refractivity contribution in [3.05, 3.63) is 51.9 Å². The van der Waals surface area contributed by atoms with Crippen LogP contribution in [0.1, 0.15) is 51.9 Å². The van der Waals surface area contributed by atoms with E-state index in [1.54, 1.807) is 44.1 Å². The first-order valence-corrected chi connectivity index (χ1v) is 10.9. The minimum atomic E-state index is -0.565. The Hall–Kier alpha value is -3.13. The van der Waals surface area contributed by atoms with Crippen molar-refractivity contribution in [3.63, 3.8) is 0 Å². The van der Waals surface area contributed by atoms with Crippen molar-refractivity contribution in [1.29, 1.82) is 0 Å². The van der Waals surface area contributed by atoms with E-state index in [4.69, 9.17) is 9.47 Å². The average molecular weight is 445 g/mol. The largest absolute Gasteiger partial charge is 0.497 e. The summed E-state index contributed by atoms with van der Waals surface area (Å²) in [6.45, 7) is 8.48. The standard InChI is InChI=1S/C23H28N2O5S/c1-6-25(7-2)22(27)20-15(4)19(23(28)30-8-3)21(31-20)24-18(26)14-11-16-9-12-17(29-5)13-10-16/h9-14H,6-8H2,1-5H3,(H,24,26)/b14-11+. The number of esters is 1. The fourth-order valence-corrected chi connectivity index (χ4v) is 4.12. The van der Waals surface area contributed by atoms with E-state index in [2.05, 4.69) is 5.32 Å². The second-order valence-electron chi connectivity index (χ2n) is 6.55. The van der Waals surface area contributed by atoms with Gasteiger partial charge in [0.25, 0.3) is 5.91 Å². The number of anilines is 1. The molecule has 0 fully saturated rings. The number of rotatable bonds is 9. The number of hydrogen-bond acceptors (Lipinski definition) is 6. The zero-order valence-corrected chi connectivity index (χ0v) is 19.3. The molecule has 166 valence electrons. The summed E-state index contributed by atoms with van der Waals surface area (Å²) < 4.78 is 10.3. The third-order valence-corrected chi connectivity index (χ3v) is 5.85. The van der Waals surface area contributed by atoms with Crippen molar-refractivity contribution >= 4 is 40.2 Å². The SMILES string of the molecule is CCOC(=O)c1c(NC(=O)/C=C/c2ccc(OC)cc2)sc(C(=O)N(CC)CC)c1C. The van der Waals surface area contributed by atoms with Crippen LogP contribution in [0.5, 0.6) is 5.75 Å². The molecule has 2 rings (SSSR count). The van der Waals surface area contributed by atoms with Crippen molar-refractivity contribution in [3.8, 4) is 5.75 Å². The van der Waals surface area contributed by atoms with Gasteiger partial charge in [-0.1, -0.05) is 12.1 Å². The van der Waals surface area contributed by atoms with Crippen LogP contribution in [0, 0.1) is 6.92 Å². The van der Waals surface area contributed by atoms with E-state index >= 15 is 0 Å². The maximum absolute atomic E-state index is 12.9. The number of ether oxygens (including phenoxy) is 2. The fourth-order valence-electron chi connectivity index (χ4n) is 2.95. The van der Waals surface area contributed by atoms with Crippen LogP contribution in [0.4, 0.5) is 5.00 Å². The summed E-state index contributed by atoms with van der Waals surface area (Å²) in [6, 6.07) is 7.24. The number of methoxy groups -OCH3 is 1. The average Bonchev–Trinajstić information content (AvgIpc) is 3.09. The molecule has 1 aromatic heterocycles. The van der Waals surface area contributed by atoms with Gasteiger partial charge in [-0.2, -0.15) is 0 Å². The molecule has 2 amide bonds. The van der Waals surface area contributed by atoms with E-state index < -0.39 is 11.9 Å². The Morgan fingerprint density at radius 1 is 1.10 bits per heavy atom. The quantitative estimate of drug-likeness (QED) is 0.458. The Labute approximate surface area is 186 Å². The highest BCUT2D eigenvalue weighted by atomic mass is 32.1. The van der Waals surface area contributed by atoms with E-state index in [1.165, 1.54) is 6.08 Å². The minimum Gasteiger partial charge on any atom is -0.497 e. The predicted molar refractivity (Wildman–Crippen MR) is 123 cm³/mol. The van der Waals surface area contributed by atoms with Crippen LogP contribution in [-0.4, -0.2) is 49.5 Å². The highest BCUT2D eigenvalue weighted by Gasteiger charge is 2.28. The van der Waals surface area contributed by atoms with Gasteiger partial charge in [0.15, 0.2) is 0 Å². The van der Waals surface area contributed by atoms with Crippen LogP contribution in [-0.2, 0) is 9.53 Å². The number of carbonyl (C=O) groups excluding carboxylic acids is 3. The summed E-state index contributed by atoms with van der Waals surface area (Å²) in [6.07, 6.45) is 3.03. The van der Waals surface area contributed by atoms with Gasteiger partial charge >= 0.3 is 5.97 Å². The topological polar surface area (TPSA) is 84.9 Å². The van der Waals surface area contributed by atoms with Gasteiger partial charge in [-0.05, 0) is 57.0 Å². The number of thiophene rings is 1. The lowest BCUT2D eigenvalue weighted by molar-refractivity contribution is -0.111. The molecule has 0 aliphatic rings. The van der Waals surface area contributed by atoms with Crippen LogP contribution in [0.3, 0.4) is 0 Å². The number of hydrogen-bond donors (Lipinski definition) is 1. The molecule has 0 atom stereocenters. The first-order valence-electron chi connectivity index (χ1n) is 10.1. The van der Waals surface area contributed by atoms with Crippen LogP contribution >= 0.6 is 11.3 Å². The maximum Gasteiger partial charge on any atom is 0.341 e. The van der Waals surface area contributed by atoms with Crippen molar-refractivity contribution < 1.29 is 23.9 Å². The molecule has 1 heterocycles. The monoisotopic (exact) mass is 444 g/mol. The molecule has 0 bridgehead atoms. The second kappa shape index (κ2) is 11.3. The zero-order chi connectivity index (χ0) is 23.0. The van der Waals surface area contributed by atoms with E-state index in [0.29, 0.717) is 28.5 Å². The molecule has 1 aromatic carbocycles. The van der Waals surface area contributed by atoms with Gasteiger partial charge in [-0.15, -0.1) is 11.3 Å². The molecule has 7 nitrogen and oxygen atoms in total. The van der Waals surface area contributed by atoms with Gasteiger partial charge < -0.3 is 19.7 Å². The molecule has 8 heteroatoms. The maximum atomic E-state index is 12.9. The lowest BCUT2D eigenvalue weighted by Gasteiger charge is -2.18.